The van der Waals surface area contributed by atoms with Crippen LogP contribution in [0.1, 0.15) is 16.4 Å². The molecule has 0 spiro atoms. The quantitative estimate of drug-likeness (QED) is 0.597. The van der Waals surface area contributed by atoms with E-state index in [-0.39, 0.29) is 11.6 Å². The van der Waals surface area contributed by atoms with E-state index in [2.05, 4.69) is 16.3 Å². The third kappa shape index (κ3) is 1.07. The number of carboxylic acid groups (broad SMARTS) is 1. The molecular formula is C5H4NO3. The maximum absolute atomic E-state index is 10.1. The molecule has 1 N–H and O–H groups in total. The van der Waals surface area contributed by atoms with E-state index in [0.29, 0.717) is 0 Å². The Morgan fingerprint density at radius 1 is 1.89 bits per heavy atom. The molecule has 1 radical (unpaired) electrons. The summed E-state index contributed by atoms with van der Waals surface area (Å²) in [5.74, 6) is -0.985. The zero-order valence-corrected chi connectivity index (χ0v) is 4.50. The highest BCUT2D eigenvalue weighted by Gasteiger charge is 2.06. The Kier molecular flexibility index (Phi) is 1.22. The second-order valence-electron chi connectivity index (χ2n) is 1.43. The Morgan fingerprint density at radius 3 is 2.78 bits per heavy atom. The maximum Gasteiger partial charge on any atom is 0.357 e. The number of nitrogens with zero attached hydrogens (tertiary/aromatic N) is 1. The lowest BCUT2D eigenvalue weighted by molar-refractivity contribution is 0.0690. The first-order valence-corrected chi connectivity index (χ1v) is 2.21. The van der Waals surface area contributed by atoms with Gasteiger partial charge in [0.1, 0.15) is 6.26 Å². The molecule has 0 aliphatic carbocycles. The fraction of sp³-hybridized carbons (Fsp3) is 0. The molecule has 0 fully saturated rings. The summed E-state index contributed by atoms with van der Waals surface area (Å²) in [5, 5.41) is 8.25. The first-order chi connectivity index (χ1) is 4.20. The van der Waals surface area contributed by atoms with Gasteiger partial charge in [-0.05, 0) is 0 Å². The lowest BCUT2D eigenvalue weighted by atomic mass is 10.5. The van der Waals surface area contributed by atoms with Gasteiger partial charge in [-0.25, -0.2) is 9.78 Å². The van der Waals surface area contributed by atoms with Crippen molar-refractivity contribution in [2.45, 2.75) is 0 Å². The third-order valence-electron chi connectivity index (χ3n) is 0.771. The molecule has 0 aliphatic heterocycles. The normalized spacial score (nSPS) is 9.44. The fourth-order valence-electron chi connectivity index (χ4n) is 0.409. The number of rotatable bonds is 1. The van der Waals surface area contributed by atoms with Crippen molar-refractivity contribution >= 4 is 5.97 Å². The molecule has 0 aliphatic rings. The summed E-state index contributed by atoms with van der Waals surface area (Å²) >= 11 is 0. The second kappa shape index (κ2) is 1.89. The van der Waals surface area contributed by atoms with Crippen LogP contribution in [0, 0.1) is 6.92 Å². The molecule has 4 heteroatoms. The monoisotopic (exact) mass is 126 g/mol. The van der Waals surface area contributed by atoms with E-state index >= 15 is 0 Å². The zero-order valence-electron chi connectivity index (χ0n) is 4.50. The predicted molar refractivity (Wildman–Crippen MR) is 27.9 cm³/mol. The van der Waals surface area contributed by atoms with Gasteiger partial charge in [0.05, 0.1) is 0 Å². The second-order valence-corrected chi connectivity index (χ2v) is 1.43. The Labute approximate surface area is 51.1 Å². The largest absolute Gasteiger partial charge is 0.476 e. The molecule has 47 valence electrons. The van der Waals surface area contributed by atoms with Gasteiger partial charge in [-0.2, -0.15) is 0 Å². The standard InChI is InChI=1S/C5H4NO3/c1-3-6-4(2-9-3)5(7)8/h2H,1H2,(H,7,8). The van der Waals surface area contributed by atoms with E-state index < -0.39 is 5.97 Å². The van der Waals surface area contributed by atoms with E-state index in [0.717, 1.165) is 6.26 Å². The number of oxazole rings is 1. The van der Waals surface area contributed by atoms with Crippen LogP contribution in [0.5, 0.6) is 0 Å². The van der Waals surface area contributed by atoms with Crippen LogP contribution < -0.4 is 0 Å². The van der Waals surface area contributed by atoms with E-state index in [1.807, 2.05) is 0 Å². The number of carbonyl (C=O) groups is 1. The van der Waals surface area contributed by atoms with Crippen molar-refractivity contribution < 1.29 is 14.3 Å². The minimum atomic E-state index is -1.10. The highest BCUT2D eigenvalue weighted by atomic mass is 16.4. The summed E-state index contributed by atoms with van der Waals surface area (Å²) in [6.07, 6.45) is 1.05. The van der Waals surface area contributed by atoms with Crippen molar-refractivity contribution in [1.82, 2.24) is 4.98 Å². The van der Waals surface area contributed by atoms with Gasteiger partial charge in [0.15, 0.2) is 11.6 Å². The minimum Gasteiger partial charge on any atom is -0.476 e. The molecular weight excluding hydrogens is 122 g/mol. The van der Waals surface area contributed by atoms with Crippen molar-refractivity contribution in [3.63, 3.8) is 0 Å². The Bertz CT molecular complexity index is 228. The minimum absolute atomic E-state index is 0.111. The van der Waals surface area contributed by atoms with Gasteiger partial charge in [-0.1, -0.05) is 0 Å². The highest BCUT2D eigenvalue weighted by molar-refractivity contribution is 5.84. The lowest BCUT2D eigenvalue weighted by Crippen LogP contribution is -1.95. The van der Waals surface area contributed by atoms with E-state index in [1.165, 1.54) is 0 Å². The van der Waals surface area contributed by atoms with Crippen molar-refractivity contribution in [3.8, 4) is 0 Å². The summed E-state index contributed by atoms with van der Waals surface area (Å²) in [7, 11) is 0. The molecule has 0 saturated carbocycles. The number of hydrogen-bond donors (Lipinski definition) is 1. The third-order valence-corrected chi connectivity index (χ3v) is 0.771. The summed E-state index contributed by atoms with van der Waals surface area (Å²) in [4.78, 5) is 13.5. The molecule has 0 amide bonds. The van der Waals surface area contributed by atoms with Gasteiger partial charge in [-0.3, -0.25) is 0 Å². The van der Waals surface area contributed by atoms with Gasteiger partial charge >= 0.3 is 5.97 Å². The summed E-state index contributed by atoms with van der Waals surface area (Å²) in [6.45, 7) is 3.28. The molecule has 1 aromatic rings. The van der Waals surface area contributed by atoms with E-state index in [4.69, 9.17) is 5.11 Å². The van der Waals surface area contributed by atoms with Gasteiger partial charge in [-0.15, -0.1) is 0 Å². The molecule has 0 unspecified atom stereocenters. The number of carboxylic acids is 1. The van der Waals surface area contributed by atoms with E-state index in [9.17, 15) is 4.79 Å². The fourth-order valence-corrected chi connectivity index (χ4v) is 0.409. The molecule has 4 nitrogen and oxygen atoms in total. The molecule has 0 atom stereocenters. The smallest absolute Gasteiger partial charge is 0.357 e. The molecule has 1 rings (SSSR count). The lowest BCUT2D eigenvalue weighted by Gasteiger charge is -1.76. The number of aromatic carboxylic acids is 1. The van der Waals surface area contributed by atoms with Gasteiger partial charge in [0.2, 0.25) is 0 Å². The predicted octanol–water partition coefficient (Wildman–Crippen LogP) is 0.555. The Balaban J connectivity index is 2.98. The average molecular weight is 126 g/mol. The Morgan fingerprint density at radius 2 is 2.56 bits per heavy atom. The van der Waals surface area contributed by atoms with Gasteiger partial charge < -0.3 is 9.52 Å². The molecule has 0 aromatic carbocycles. The van der Waals surface area contributed by atoms with Crippen LogP contribution >= 0.6 is 0 Å². The number of hydrogen-bond acceptors (Lipinski definition) is 3. The molecule has 0 saturated heterocycles. The molecule has 0 bridgehead atoms. The van der Waals surface area contributed by atoms with E-state index in [1.54, 1.807) is 0 Å². The van der Waals surface area contributed by atoms with Crippen LogP contribution in [-0.4, -0.2) is 16.1 Å². The van der Waals surface area contributed by atoms with Crippen LogP contribution in [0.15, 0.2) is 10.7 Å². The van der Waals surface area contributed by atoms with Gasteiger partial charge in [0, 0.05) is 6.92 Å². The molecule has 1 heterocycles. The van der Waals surface area contributed by atoms with Crippen molar-refractivity contribution in [3.05, 3.63) is 24.8 Å². The first kappa shape index (κ1) is 5.81. The summed E-state index contributed by atoms with van der Waals surface area (Å²) in [5.41, 5.74) is -0.111. The highest BCUT2D eigenvalue weighted by Crippen LogP contribution is 1.98. The molecule has 9 heavy (non-hydrogen) atoms. The first-order valence-electron chi connectivity index (χ1n) is 2.21. The van der Waals surface area contributed by atoms with Crippen molar-refractivity contribution in [2.24, 2.45) is 0 Å². The Hall–Kier alpha value is -1.32. The summed E-state index contributed by atoms with van der Waals surface area (Å²) in [6, 6.07) is 0. The zero-order chi connectivity index (χ0) is 6.85. The van der Waals surface area contributed by atoms with Crippen LogP contribution in [0.25, 0.3) is 0 Å². The van der Waals surface area contributed by atoms with Crippen LogP contribution in [0.2, 0.25) is 0 Å². The topological polar surface area (TPSA) is 63.3 Å². The number of aromatic nitrogens is 1. The maximum atomic E-state index is 10.1. The average Bonchev–Trinajstić information content (AvgIpc) is 2.14. The van der Waals surface area contributed by atoms with Crippen LogP contribution in [-0.2, 0) is 0 Å². The molecule has 1 aromatic heterocycles. The van der Waals surface area contributed by atoms with Crippen LogP contribution in [0.4, 0.5) is 0 Å². The van der Waals surface area contributed by atoms with Crippen molar-refractivity contribution in [1.29, 1.82) is 0 Å². The van der Waals surface area contributed by atoms with Gasteiger partial charge in [0.25, 0.3) is 0 Å². The summed E-state index contributed by atoms with van der Waals surface area (Å²) < 4.78 is 4.52. The van der Waals surface area contributed by atoms with Crippen LogP contribution in [0.3, 0.4) is 0 Å². The van der Waals surface area contributed by atoms with Crippen molar-refractivity contribution in [2.75, 3.05) is 0 Å². The SMILES string of the molecule is [CH2]c1nc(C(=O)O)co1.